The lowest BCUT2D eigenvalue weighted by Gasteiger charge is -2.20. The quantitative estimate of drug-likeness (QED) is 0.709. The monoisotopic (exact) mass is 342 g/mol. The van der Waals surface area contributed by atoms with Crippen LogP contribution in [0.25, 0.3) is 0 Å². The second-order valence-corrected chi connectivity index (χ2v) is 5.32. The summed E-state index contributed by atoms with van der Waals surface area (Å²) in [5, 5.41) is 15.7. The first-order valence-corrected chi connectivity index (χ1v) is 8.04. The second-order valence-electron chi connectivity index (χ2n) is 5.32. The van der Waals surface area contributed by atoms with Gasteiger partial charge < -0.3 is 15.3 Å². The number of hydrogen-bond donors (Lipinski definition) is 2. The molecule has 0 bridgehead atoms. The van der Waals surface area contributed by atoms with Crippen LogP contribution in [-0.2, 0) is 17.9 Å². The molecule has 7 nitrogen and oxygen atoms in total. The number of carbonyl (C=O) groups excluding carboxylic acids is 2. The van der Waals surface area contributed by atoms with Crippen LogP contribution in [0.4, 0.5) is 5.69 Å². The lowest BCUT2D eigenvalue weighted by molar-refractivity contribution is -0.114. The van der Waals surface area contributed by atoms with E-state index >= 15 is 0 Å². The Hall–Kier alpha value is -2.93. The van der Waals surface area contributed by atoms with Crippen LogP contribution < -0.4 is 10.2 Å². The number of hydrogen-bond acceptors (Lipinski definition) is 4. The van der Waals surface area contributed by atoms with E-state index in [1.165, 1.54) is 6.08 Å². The number of amides is 2. The molecule has 0 fully saturated rings. The van der Waals surface area contributed by atoms with Gasteiger partial charge in [0.25, 0.3) is 11.8 Å². The third-order valence-electron chi connectivity index (χ3n) is 3.62. The molecular weight excluding hydrogens is 320 g/mol. The summed E-state index contributed by atoms with van der Waals surface area (Å²) in [6, 6.07) is 8.54. The maximum absolute atomic E-state index is 12.2. The van der Waals surface area contributed by atoms with Crippen molar-refractivity contribution in [3.63, 3.8) is 0 Å². The van der Waals surface area contributed by atoms with Gasteiger partial charge in [-0.3, -0.25) is 14.3 Å². The number of aliphatic hydroxyl groups excluding tert-OH is 1. The first-order chi connectivity index (χ1) is 12.1. The fourth-order valence-corrected chi connectivity index (χ4v) is 2.30. The standard InChI is InChI=1S/C18H22N4O3/c1-3-17(24)22(13-15-9-11-21(4-2)20-15)16-7-5-14(6-8-16)18(25)19-10-12-23/h3,5-9,11,23H,1,4,10,12-13H2,2H3,(H,19,25). The number of nitrogens with zero attached hydrogens (tertiary/aromatic N) is 3. The van der Waals surface area contributed by atoms with Crippen LogP contribution in [-0.4, -0.2) is 39.9 Å². The SMILES string of the molecule is C=CC(=O)N(Cc1ccn(CC)n1)c1ccc(C(=O)NCCO)cc1. The number of aromatic nitrogens is 2. The van der Waals surface area contributed by atoms with Crippen molar-refractivity contribution >= 4 is 17.5 Å². The first-order valence-electron chi connectivity index (χ1n) is 8.04. The smallest absolute Gasteiger partial charge is 0.251 e. The predicted molar refractivity (Wildman–Crippen MR) is 95.1 cm³/mol. The number of aliphatic hydroxyl groups is 1. The molecule has 1 heterocycles. The van der Waals surface area contributed by atoms with E-state index < -0.39 is 0 Å². The molecule has 0 spiro atoms. The fourth-order valence-electron chi connectivity index (χ4n) is 2.30. The summed E-state index contributed by atoms with van der Waals surface area (Å²) in [5.41, 5.74) is 1.87. The minimum Gasteiger partial charge on any atom is -0.395 e. The van der Waals surface area contributed by atoms with Gasteiger partial charge in [-0.25, -0.2) is 0 Å². The summed E-state index contributed by atoms with van der Waals surface area (Å²) in [6.07, 6.45) is 3.11. The van der Waals surface area contributed by atoms with Gasteiger partial charge in [0.2, 0.25) is 0 Å². The molecule has 0 atom stereocenters. The highest BCUT2D eigenvalue weighted by Gasteiger charge is 2.16. The molecule has 2 rings (SSSR count). The summed E-state index contributed by atoms with van der Waals surface area (Å²) < 4.78 is 1.79. The van der Waals surface area contributed by atoms with Crippen molar-refractivity contribution < 1.29 is 14.7 Å². The molecule has 0 saturated heterocycles. The van der Waals surface area contributed by atoms with Gasteiger partial charge >= 0.3 is 0 Å². The number of nitrogens with one attached hydrogen (secondary N) is 1. The maximum Gasteiger partial charge on any atom is 0.251 e. The van der Waals surface area contributed by atoms with Gasteiger partial charge in [0.05, 0.1) is 18.8 Å². The van der Waals surface area contributed by atoms with E-state index in [0.717, 1.165) is 12.2 Å². The molecule has 25 heavy (non-hydrogen) atoms. The van der Waals surface area contributed by atoms with E-state index in [1.54, 1.807) is 33.8 Å². The Labute approximate surface area is 146 Å². The van der Waals surface area contributed by atoms with Crippen molar-refractivity contribution in [1.82, 2.24) is 15.1 Å². The molecule has 2 amide bonds. The second kappa shape index (κ2) is 8.79. The zero-order chi connectivity index (χ0) is 18.2. The highest BCUT2D eigenvalue weighted by atomic mass is 16.3. The van der Waals surface area contributed by atoms with Crippen LogP contribution in [0.3, 0.4) is 0 Å². The zero-order valence-corrected chi connectivity index (χ0v) is 14.2. The number of carbonyl (C=O) groups is 2. The van der Waals surface area contributed by atoms with Crippen LogP contribution in [0.5, 0.6) is 0 Å². The van der Waals surface area contributed by atoms with Crippen LogP contribution in [0.15, 0.2) is 49.2 Å². The number of rotatable bonds is 8. The van der Waals surface area contributed by atoms with Crippen LogP contribution in [0.2, 0.25) is 0 Å². The third-order valence-corrected chi connectivity index (χ3v) is 3.62. The van der Waals surface area contributed by atoms with Crippen molar-refractivity contribution in [2.75, 3.05) is 18.1 Å². The van der Waals surface area contributed by atoms with E-state index in [9.17, 15) is 9.59 Å². The van der Waals surface area contributed by atoms with Crippen LogP contribution in [0, 0.1) is 0 Å². The molecule has 1 aromatic carbocycles. The van der Waals surface area contributed by atoms with Gasteiger partial charge in [-0.05, 0) is 43.3 Å². The van der Waals surface area contributed by atoms with Gasteiger partial charge in [0.1, 0.15) is 0 Å². The molecule has 0 aliphatic carbocycles. The molecule has 1 aromatic heterocycles. The topological polar surface area (TPSA) is 87.5 Å². The highest BCUT2D eigenvalue weighted by molar-refractivity contribution is 6.01. The molecule has 132 valence electrons. The van der Waals surface area contributed by atoms with E-state index in [1.807, 2.05) is 19.2 Å². The highest BCUT2D eigenvalue weighted by Crippen LogP contribution is 2.18. The van der Waals surface area contributed by atoms with E-state index in [4.69, 9.17) is 5.11 Å². The molecule has 2 aromatic rings. The Morgan fingerprint density at radius 3 is 2.60 bits per heavy atom. The van der Waals surface area contributed by atoms with Gasteiger partial charge in [0.15, 0.2) is 0 Å². The first kappa shape index (κ1) is 18.4. The third kappa shape index (κ3) is 4.77. The van der Waals surface area contributed by atoms with Crippen molar-refractivity contribution in [3.8, 4) is 0 Å². The van der Waals surface area contributed by atoms with Gasteiger partial charge in [0, 0.05) is 30.5 Å². The molecule has 0 aliphatic rings. The lowest BCUT2D eigenvalue weighted by Crippen LogP contribution is -2.29. The molecule has 0 aliphatic heterocycles. The molecule has 0 radical (unpaired) electrons. The largest absolute Gasteiger partial charge is 0.395 e. The van der Waals surface area contributed by atoms with Crippen molar-refractivity contribution in [2.45, 2.75) is 20.0 Å². The van der Waals surface area contributed by atoms with Gasteiger partial charge in [-0.1, -0.05) is 6.58 Å². The predicted octanol–water partition coefficient (Wildman–Crippen LogP) is 1.34. The normalized spacial score (nSPS) is 10.3. The Balaban J connectivity index is 2.18. The molecular formula is C18H22N4O3. The minimum absolute atomic E-state index is 0.115. The zero-order valence-electron chi connectivity index (χ0n) is 14.2. The summed E-state index contributed by atoms with van der Waals surface area (Å²) in [4.78, 5) is 25.6. The molecule has 0 unspecified atom stereocenters. The Bertz CT molecular complexity index is 737. The van der Waals surface area contributed by atoms with Crippen molar-refractivity contribution in [3.05, 3.63) is 60.4 Å². The van der Waals surface area contributed by atoms with E-state index in [0.29, 0.717) is 17.8 Å². The van der Waals surface area contributed by atoms with Gasteiger partial charge in [-0.2, -0.15) is 5.10 Å². The summed E-state index contributed by atoms with van der Waals surface area (Å²) >= 11 is 0. The van der Waals surface area contributed by atoms with E-state index in [-0.39, 0.29) is 25.0 Å². The molecule has 0 saturated carbocycles. The Morgan fingerprint density at radius 2 is 2.04 bits per heavy atom. The number of benzene rings is 1. The maximum atomic E-state index is 12.2. The Kier molecular flexibility index (Phi) is 6.47. The fraction of sp³-hybridized carbons (Fsp3) is 0.278. The van der Waals surface area contributed by atoms with Crippen molar-refractivity contribution in [2.24, 2.45) is 0 Å². The number of anilines is 1. The minimum atomic E-state index is -0.274. The van der Waals surface area contributed by atoms with Crippen LogP contribution in [0.1, 0.15) is 23.0 Å². The van der Waals surface area contributed by atoms with Crippen LogP contribution >= 0.6 is 0 Å². The summed E-state index contributed by atoms with van der Waals surface area (Å²) in [6.45, 7) is 6.69. The molecule has 2 N–H and O–H groups in total. The van der Waals surface area contributed by atoms with E-state index in [2.05, 4.69) is 17.0 Å². The van der Waals surface area contributed by atoms with Gasteiger partial charge in [-0.15, -0.1) is 0 Å². The number of aryl methyl sites for hydroxylation is 1. The Morgan fingerprint density at radius 1 is 1.32 bits per heavy atom. The average Bonchev–Trinajstić information content (AvgIpc) is 3.11. The lowest BCUT2D eigenvalue weighted by atomic mass is 10.1. The summed E-state index contributed by atoms with van der Waals surface area (Å²) in [7, 11) is 0. The van der Waals surface area contributed by atoms with Crippen molar-refractivity contribution in [1.29, 1.82) is 0 Å². The average molecular weight is 342 g/mol. The summed E-state index contributed by atoms with van der Waals surface area (Å²) in [5.74, 6) is -0.521. The molecule has 7 heteroatoms.